The van der Waals surface area contributed by atoms with E-state index in [1.54, 1.807) is 12.1 Å². The number of carboxylic acid groups (broad SMARTS) is 1. The number of aromatic carboxylic acids is 1. The molecule has 2 N–H and O–H groups in total. The quantitative estimate of drug-likeness (QED) is 0.864. The number of anilines is 2. The van der Waals surface area contributed by atoms with Gasteiger partial charge in [0.05, 0.1) is 5.02 Å². The lowest BCUT2D eigenvalue weighted by Gasteiger charge is -2.15. The van der Waals surface area contributed by atoms with Crippen LogP contribution in [-0.2, 0) is 12.8 Å². The van der Waals surface area contributed by atoms with Crippen molar-refractivity contribution in [1.82, 2.24) is 4.98 Å². The summed E-state index contributed by atoms with van der Waals surface area (Å²) < 4.78 is 0. The maximum absolute atomic E-state index is 11.1. The lowest BCUT2D eigenvalue weighted by Crippen LogP contribution is -2.06. The van der Waals surface area contributed by atoms with Crippen LogP contribution in [0.3, 0.4) is 0 Å². The summed E-state index contributed by atoms with van der Waals surface area (Å²) in [7, 11) is 0. The van der Waals surface area contributed by atoms with Crippen molar-refractivity contribution in [2.75, 3.05) is 5.32 Å². The summed E-state index contributed by atoms with van der Waals surface area (Å²) in [4.78, 5) is 15.2. The number of rotatable bonds is 5. The topological polar surface area (TPSA) is 62.2 Å². The first-order valence-corrected chi connectivity index (χ1v) is 7.22. The first kappa shape index (κ1) is 15.3. The number of benzene rings is 1. The second-order valence-corrected chi connectivity index (χ2v) is 5.02. The standard InChI is InChI=1S/C16H17ClN2O2/c1-3-10-6-5-7-11(4-2)14(10)18-13-9-8-12(17)15(19-13)16(20)21/h5-9H,3-4H2,1-2H3,(H,18,19)(H,20,21). The Morgan fingerprint density at radius 2 is 1.81 bits per heavy atom. The Balaban J connectivity index is 2.43. The van der Waals surface area contributed by atoms with Crippen molar-refractivity contribution in [1.29, 1.82) is 0 Å². The van der Waals surface area contributed by atoms with Crippen molar-refractivity contribution in [3.05, 3.63) is 52.2 Å². The van der Waals surface area contributed by atoms with Crippen LogP contribution < -0.4 is 5.32 Å². The van der Waals surface area contributed by atoms with Gasteiger partial charge < -0.3 is 10.4 Å². The number of aromatic nitrogens is 1. The first-order chi connectivity index (χ1) is 10.1. The molecule has 5 heteroatoms. The number of hydrogen-bond acceptors (Lipinski definition) is 3. The smallest absolute Gasteiger partial charge is 0.356 e. The molecule has 21 heavy (non-hydrogen) atoms. The van der Waals surface area contributed by atoms with Gasteiger partial charge in [-0.3, -0.25) is 0 Å². The van der Waals surface area contributed by atoms with Gasteiger partial charge in [0.15, 0.2) is 5.69 Å². The Morgan fingerprint density at radius 3 is 2.33 bits per heavy atom. The van der Waals surface area contributed by atoms with Crippen LogP contribution >= 0.6 is 11.6 Å². The normalized spacial score (nSPS) is 10.4. The summed E-state index contributed by atoms with van der Waals surface area (Å²) in [6.07, 6.45) is 1.77. The average Bonchev–Trinajstić information content (AvgIpc) is 2.49. The molecule has 0 bridgehead atoms. The van der Waals surface area contributed by atoms with Gasteiger partial charge in [-0.25, -0.2) is 9.78 Å². The highest BCUT2D eigenvalue weighted by Crippen LogP contribution is 2.27. The number of nitrogens with one attached hydrogen (secondary N) is 1. The fourth-order valence-corrected chi connectivity index (χ4v) is 2.38. The van der Waals surface area contributed by atoms with Crippen molar-refractivity contribution in [3.63, 3.8) is 0 Å². The molecule has 0 aliphatic rings. The molecule has 1 aromatic carbocycles. The number of hydrogen-bond donors (Lipinski definition) is 2. The molecule has 0 aliphatic carbocycles. The summed E-state index contributed by atoms with van der Waals surface area (Å²) in [5.41, 5.74) is 3.19. The molecule has 1 heterocycles. The molecule has 4 nitrogen and oxygen atoms in total. The molecule has 0 saturated heterocycles. The molecule has 0 unspecified atom stereocenters. The Labute approximate surface area is 128 Å². The van der Waals surface area contributed by atoms with Crippen molar-refractivity contribution in [3.8, 4) is 0 Å². The van der Waals surface area contributed by atoms with Crippen LogP contribution in [0.2, 0.25) is 5.02 Å². The molecule has 0 amide bonds. The van der Waals surface area contributed by atoms with E-state index in [0.29, 0.717) is 5.82 Å². The molecule has 1 aromatic heterocycles. The van der Waals surface area contributed by atoms with E-state index in [9.17, 15) is 4.79 Å². The van der Waals surface area contributed by atoms with E-state index < -0.39 is 5.97 Å². The monoisotopic (exact) mass is 304 g/mol. The summed E-state index contributed by atoms with van der Waals surface area (Å²) in [6, 6.07) is 9.35. The van der Waals surface area contributed by atoms with Crippen LogP contribution in [0.15, 0.2) is 30.3 Å². The van der Waals surface area contributed by atoms with E-state index in [4.69, 9.17) is 16.7 Å². The van der Waals surface area contributed by atoms with Gasteiger partial charge in [0.25, 0.3) is 0 Å². The van der Waals surface area contributed by atoms with Crippen LogP contribution in [0.4, 0.5) is 11.5 Å². The molecule has 2 aromatic rings. The summed E-state index contributed by atoms with van der Waals surface area (Å²) in [6.45, 7) is 4.16. The number of nitrogens with zero attached hydrogens (tertiary/aromatic N) is 1. The third-order valence-corrected chi connectivity index (χ3v) is 3.61. The molecule has 0 fully saturated rings. The van der Waals surface area contributed by atoms with Crippen LogP contribution in [0.5, 0.6) is 0 Å². The zero-order chi connectivity index (χ0) is 15.4. The molecular weight excluding hydrogens is 288 g/mol. The van der Waals surface area contributed by atoms with E-state index in [1.165, 1.54) is 11.1 Å². The maximum Gasteiger partial charge on any atom is 0.356 e. The molecule has 2 rings (SSSR count). The molecule has 0 radical (unpaired) electrons. The highest BCUT2D eigenvalue weighted by atomic mass is 35.5. The van der Waals surface area contributed by atoms with Crippen molar-refractivity contribution >= 4 is 29.1 Å². The van der Waals surface area contributed by atoms with E-state index >= 15 is 0 Å². The molecule has 0 spiro atoms. The highest BCUT2D eigenvalue weighted by Gasteiger charge is 2.13. The number of aryl methyl sites for hydroxylation is 2. The number of carboxylic acids is 1. The SMILES string of the molecule is CCc1cccc(CC)c1Nc1ccc(Cl)c(C(=O)O)n1. The van der Waals surface area contributed by atoms with Gasteiger partial charge in [0.2, 0.25) is 0 Å². The van der Waals surface area contributed by atoms with Crippen molar-refractivity contribution in [2.45, 2.75) is 26.7 Å². The summed E-state index contributed by atoms with van der Waals surface area (Å²) >= 11 is 5.84. The van der Waals surface area contributed by atoms with E-state index in [1.807, 2.05) is 6.07 Å². The number of para-hydroxylation sites is 1. The van der Waals surface area contributed by atoms with Gasteiger partial charge in [0, 0.05) is 5.69 Å². The average molecular weight is 305 g/mol. The predicted octanol–water partition coefficient (Wildman–Crippen LogP) is 4.30. The van der Waals surface area contributed by atoms with Crippen LogP contribution in [0.25, 0.3) is 0 Å². The Bertz CT molecular complexity index is 649. The largest absolute Gasteiger partial charge is 0.476 e. The lowest BCUT2D eigenvalue weighted by atomic mass is 10.0. The van der Waals surface area contributed by atoms with Crippen LogP contribution in [-0.4, -0.2) is 16.1 Å². The minimum absolute atomic E-state index is 0.132. The summed E-state index contributed by atoms with van der Waals surface area (Å²) in [5, 5.41) is 12.4. The third kappa shape index (κ3) is 3.34. The highest BCUT2D eigenvalue weighted by molar-refractivity contribution is 6.33. The number of halogens is 1. The van der Waals surface area contributed by atoms with Gasteiger partial charge in [-0.2, -0.15) is 0 Å². The Morgan fingerprint density at radius 1 is 1.19 bits per heavy atom. The molecule has 0 aliphatic heterocycles. The molecule has 0 atom stereocenters. The molecular formula is C16H17ClN2O2. The van der Waals surface area contributed by atoms with E-state index in [2.05, 4.69) is 36.3 Å². The van der Waals surface area contributed by atoms with Gasteiger partial charge in [-0.05, 0) is 36.1 Å². The zero-order valence-electron chi connectivity index (χ0n) is 12.0. The van der Waals surface area contributed by atoms with Crippen molar-refractivity contribution < 1.29 is 9.90 Å². The molecule has 0 saturated carbocycles. The second kappa shape index (κ2) is 6.59. The van der Waals surface area contributed by atoms with Crippen LogP contribution in [0.1, 0.15) is 35.5 Å². The second-order valence-electron chi connectivity index (χ2n) is 4.62. The number of pyridine rings is 1. The predicted molar refractivity (Wildman–Crippen MR) is 84.7 cm³/mol. The minimum atomic E-state index is -1.14. The summed E-state index contributed by atoms with van der Waals surface area (Å²) in [5.74, 6) is -0.657. The lowest BCUT2D eigenvalue weighted by molar-refractivity contribution is 0.0691. The van der Waals surface area contributed by atoms with Crippen LogP contribution in [0, 0.1) is 0 Å². The first-order valence-electron chi connectivity index (χ1n) is 6.84. The minimum Gasteiger partial charge on any atom is -0.476 e. The van der Waals surface area contributed by atoms with Gasteiger partial charge in [0.1, 0.15) is 5.82 Å². The Hall–Kier alpha value is -2.07. The Kier molecular flexibility index (Phi) is 4.81. The zero-order valence-corrected chi connectivity index (χ0v) is 12.7. The van der Waals surface area contributed by atoms with Gasteiger partial charge in [-0.15, -0.1) is 0 Å². The van der Waals surface area contributed by atoms with E-state index in [0.717, 1.165) is 18.5 Å². The van der Waals surface area contributed by atoms with Crippen molar-refractivity contribution in [2.24, 2.45) is 0 Å². The fraction of sp³-hybridized carbons (Fsp3) is 0.250. The fourth-order valence-electron chi connectivity index (χ4n) is 2.19. The van der Waals surface area contributed by atoms with Gasteiger partial charge in [-0.1, -0.05) is 43.6 Å². The third-order valence-electron chi connectivity index (χ3n) is 3.30. The van der Waals surface area contributed by atoms with E-state index in [-0.39, 0.29) is 10.7 Å². The molecule has 110 valence electrons. The number of carbonyl (C=O) groups is 1. The van der Waals surface area contributed by atoms with Gasteiger partial charge >= 0.3 is 5.97 Å². The maximum atomic E-state index is 11.1.